The fourth-order valence-electron chi connectivity index (χ4n) is 3.00. The van der Waals surface area contributed by atoms with E-state index in [2.05, 4.69) is 5.32 Å². The van der Waals surface area contributed by atoms with E-state index in [4.69, 9.17) is 0 Å². The van der Waals surface area contributed by atoms with Crippen LogP contribution < -0.4 is 5.32 Å². The van der Waals surface area contributed by atoms with E-state index >= 15 is 0 Å². The molecular formula is C14H13F3N2O2. The molecule has 2 aliphatic heterocycles. The molecule has 3 rings (SSSR count). The highest BCUT2D eigenvalue weighted by Crippen LogP contribution is 2.35. The van der Waals surface area contributed by atoms with E-state index in [1.54, 1.807) is 4.90 Å². The lowest BCUT2D eigenvalue weighted by Crippen LogP contribution is -2.56. The Morgan fingerprint density at radius 2 is 1.76 bits per heavy atom. The van der Waals surface area contributed by atoms with Gasteiger partial charge in [0.05, 0.1) is 11.6 Å². The summed E-state index contributed by atoms with van der Waals surface area (Å²) >= 11 is 0. The maximum absolute atomic E-state index is 12.6. The molecular weight excluding hydrogens is 285 g/mol. The van der Waals surface area contributed by atoms with Gasteiger partial charge in [0.25, 0.3) is 0 Å². The number of rotatable bonds is 1. The van der Waals surface area contributed by atoms with Crippen molar-refractivity contribution in [2.24, 2.45) is 0 Å². The molecule has 1 N–H and O–H groups in total. The molecule has 2 heterocycles. The van der Waals surface area contributed by atoms with Gasteiger partial charge < -0.3 is 0 Å². The zero-order valence-corrected chi connectivity index (χ0v) is 11.0. The third kappa shape index (κ3) is 2.42. The summed E-state index contributed by atoms with van der Waals surface area (Å²) in [4.78, 5) is 25.5. The molecule has 0 unspecified atom stereocenters. The molecule has 0 aromatic heterocycles. The number of alkyl halides is 3. The van der Waals surface area contributed by atoms with Gasteiger partial charge in [-0.05, 0) is 30.5 Å². The van der Waals surface area contributed by atoms with Gasteiger partial charge in [-0.15, -0.1) is 0 Å². The van der Waals surface area contributed by atoms with Crippen LogP contribution in [0, 0.1) is 0 Å². The topological polar surface area (TPSA) is 49.4 Å². The Hall–Kier alpha value is -1.89. The molecule has 1 aromatic carbocycles. The maximum atomic E-state index is 12.6. The average Bonchev–Trinajstić information content (AvgIpc) is 2.87. The summed E-state index contributed by atoms with van der Waals surface area (Å²) in [5, 5.41) is 2.30. The summed E-state index contributed by atoms with van der Waals surface area (Å²) in [5.41, 5.74) is -0.281. The molecule has 0 aliphatic carbocycles. The first-order valence-corrected chi connectivity index (χ1v) is 6.65. The number of piperazine rings is 1. The van der Waals surface area contributed by atoms with E-state index in [1.807, 2.05) is 0 Å². The molecule has 0 saturated carbocycles. The predicted octanol–water partition coefficient (Wildman–Crippen LogP) is 1.87. The van der Waals surface area contributed by atoms with Crippen LogP contribution in [0.3, 0.4) is 0 Å². The molecule has 21 heavy (non-hydrogen) atoms. The lowest BCUT2D eigenvalue weighted by Gasteiger charge is -2.35. The molecule has 0 spiro atoms. The number of halogens is 3. The molecule has 112 valence electrons. The van der Waals surface area contributed by atoms with Crippen molar-refractivity contribution < 1.29 is 22.8 Å². The smallest absolute Gasteiger partial charge is 0.293 e. The summed E-state index contributed by atoms with van der Waals surface area (Å²) in [6, 6.07) is 3.47. The lowest BCUT2D eigenvalue weighted by molar-refractivity contribution is -0.143. The van der Waals surface area contributed by atoms with Crippen LogP contribution in [0.25, 0.3) is 0 Å². The van der Waals surface area contributed by atoms with Crippen LogP contribution in [0.1, 0.15) is 30.0 Å². The highest BCUT2D eigenvalue weighted by atomic mass is 19.4. The SMILES string of the molecule is O=C1NC(=O)[C@@H]2CCCN2[C@H]1c1ccc(C(F)(F)F)cc1. The van der Waals surface area contributed by atoms with Gasteiger partial charge in [-0.1, -0.05) is 12.1 Å². The first-order chi connectivity index (χ1) is 9.88. The van der Waals surface area contributed by atoms with Crippen LogP contribution in [-0.2, 0) is 15.8 Å². The number of carbonyl (C=O) groups excluding carboxylic acids is 2. The van der Waals surface area contributed by atoms with Crippen LogP contribution in [0.5, 0.6) is 0 Å². The van der Waals surface area contributed by atoms with Crippen molar-refractivity contribution in [1.82, 2.24) is 10.2 Å². The standard InChI is InChI=1S/C14H13F3N2O2/c15-14(16,17)9-5-3-8(4-6-9)11-13(21)18-12(20)10-2-1-7-19(10)11/h3-6,10-11H,1-2,7H2,(H,18,20,21)/t10-,11-/m0/s1. The quantitative estimate of drug-likeness (QED) is 0.805. The Balaban J connectivity index is 1.91. The number of nitrogens with zero attached hydrogens (tertiary/aromatic N) is 1. The zero-order valence-electron chi connectivity index (χ0n) is 11.0. The van der Waals surface area contributed by atoms with E-state index in [-0.39, 0.29) is 11.9 Å². The Morgan fingerprint density at radius 1 is 1.10 bits per heavy atom. The van der Waals surface area contributed by atoms with E-state index in [0.717, 1.165) is 18.6 Å². The summed E-state index contributed by atoms with van der Waals surface area (Å²) < 4.78 is 37.7. The van der Waals surface area contributed by atoms with Crippen LogP contribution >= 0.6 is 0 Å². The van der Waals surface area contributed by atoms with Crippen molar-refractivity contribution in [1.29, 1.82) is 0 Å². The minimum absolute atomic E-state index is 0.319. The number of nitrogens with one attached hydrogen (secondary N) is 1. The lowest BCUT2D eigenvalue weighted by atomic mass is 9.99. The first-order valence-electron chi connectivity index (χ1n) is 6.65. The predicted molar refractivity (Wildman–Crippen MR) is 67.1 cm³/mol. The number of carbonyl (C=O) groups is 2. The van der Waals surface area contributed by atoms with Crippen molar-refractivity contribution in [3.05, 3.63) is 35.4 Å². The molecule has 7 heteroatoms. The second kappa shape index (κ2) is 4.84. The zero-order chi connectivity index (χ0) is 15.2. The molecule has 1 aromatic rings. The van der Waals surface area contributed by atoms with Gasteiger partial charge >= 0.3 is 6.18 Å². The number of imide groups is 1. The third-order valence-electron chi connectivity index (χ3n) is 3.98. The van der Waals surface area contributed by atoms with Crippen molar-refractivity contribution in [3.63, 3.8) is 0 Å². The Bertz CT molecular complexity index is 583. The van der Waals surface area contributed by atoms with E-state index in [1.165, 1.54) is 12.1 Å². The third-order valence-corrected chi connectivity index (χ3v) is 3.98. The normalized spacial score (nSPS) is 26.6. The number of fused-ring (bicyclic) bond motifs is 1. The number of amides is 2. The molecule has 0 radical (unpaired) electrons. The highest BCUT2D eigenvalue weighted by molar-refractivity contribution is 6.03. The van der Waals surface area contributed by atoms with Crippen molar-refractivity contribution in [3.8, 4) is 0 Å². The number of hydrogen-bond acceptors (Lipinski definition) is 3. The summed E-state index contributed by atoms with van der Waals surface area (Å²) in [7, 11) is 0. The second-order valence-corrected chi connectivity index (χ2v) is 5.27. The fraction of sp³-hybridized carbons (Fsp3) is 0.429. The molecule has 0 bridgehead atoms. The van der Waals surface area contributed by atoms with E-state index in [0.29, 0.717) is 18.5 Å². The second-order valence-electron chi connectivity index (χ2n) is 5.27. The Morgan fingerprint density at radius 3 is 2.38 bits per heavy atom. The summed E-state index contributed by atoms with van der Waals surface area (Å²) in [5.74, 6) is -0.793. The van der Waals surface area contributed by atoms with Crippen LogP contribution in [-0.4, -0.2) is 29.3 Å². The first kappa shape index (κ1) is 14.1. The summed E-state index contributed by atoms with van der Waals surface area (Å²) in [6.45, 7) is 0.593. The molecule has 2 atom stereocenters. The van der Waals surface area contributed by atoms with Crippen LogP contribution in [0.2, 0.25) is 0 Å². The minimum Gasteiger partial charge on any atom is -0.293 e. The molecule has 4 nitrogen and oxygen atoms in total. The van der Waals surface area contributed by atoms with Gasteiger partial charge in [0.15, 0.2) is 0 Å². The van der Waals surface area contributed by atoms with Crippen LogP contribution in [0.15, 0.2) is 24.3 Å². The largest absolute Gasteiger partial charge is 0.416 e. The van der Waals surface area contributed by atoms with Gasteiger partial charge in [-0.25, -0.2) is 0 Å². The van der Waals surface area contributed by atoms with E-state index < -0.39 is 23.7 Å². The molecule has 2 saturated heterocycles. The van der Waals surface area contributed by atoms with Gasteiger partial charge in [-0.2, -0.15) is 13.2 Å². The molecule has 2 amide bonds. The van der Waals surface area contributed by atoms with Crippen molar-refractivity contribution in [2.75, 3.05) is 6.54 Å². The molecule has 2 aliphatic rings. The molecule has 2 fully saturated rings. The highest BCUT2D eigenvalue weighted by Gasteiger charge is 2.44. The monoisotopic (exact) mass is 298 g/mol. The van der Waals surface area contributed by atoms with Gasteiger partial charge in [0, 0.05) is 6.54 Å². The maximum Gasteiger partial charge on any atom is 0.416 e. The van der Waals surface area contributed by atoms with Crippen molar-refractivity contribution in [2.45, 2.75) is 31.1 Å². The Labute approximate surface area is 118 Å². The van der Waals surface area contributed by atoms with Gasteiger partial charge in [-0.3, -0.25) is 19.8 Å². The minimum atomic E-state index is -4.40. The number of hydrogen-bond donors (Lipinski definition) is 1. The van der Waals surface area contributed by atoms with Gasteiger partial charge in [0.1, 0.15) is 6.04 Å². The van der Waals surface area contributed by atoms with Crippen LogP contribution in [0.4, 0.5) is 13.2 Å². The van der Waals surface area contributed by atoms with Crippen molar-refractivity contribution >= 4 is 11.8 Å². The average molecular weight is 298 g/mol. The Kier molecular flexibility index (Phi) is 3.24. The summed E-state index contributed by atoms with van der Waals surface area (Å²) in [6.07, 6.45) is -2.95. The fourth-order valence-corrected chi connectivity index (χ4v) is 3.00. The number of benzene rings is 1. The van der Waals surface area contributed by atoms with Gasteiger partial charge in [0.2, 0.25) is 11.8 Å². The van der Waals surface area contributed by atoms with E-state index in [9.17, 15) is 22.8 Å².